The van der Waals surface area contributed by atoms with Crippen LogP contribution in [0.3, 0.4) is 0 Å². The van der Waals surface area contributed by atoms with Gasteiger partial charge in [0.05, 0.1) is 12.7 Å². The number of likely N-dealkylation sites (N-methyl/N-ethyl adjacent to an activating group) is 1. The average molecular weight is 267 g/mol. The van der Waals surface area contributed by atoms with Gasteiger partial charge in [-0.2, -0.15) is 0 Å². The molecule has 0 bridgehead atoms. The Bertz CT molecular complexity index is 277. The zero-order chi connectivity index (χ0) is 13.1. The fourth-order valence-electron chi connectivity index (χ4n) is 3.38. The van der Waals surface area contributed by atoms with Gasteiger partial charge in [0.15, 0.2) is 0 Å². The molecule has 1 saturated carbocycles. The van der Waals surface area contributed by atoms with Gasteiger partial charge in [-0.1, -0.05) is 0 Å². The Balaban J connectivity index is 1.48. The highest BCUT2D eigenvalue weighted by atomic mass is 16.5. The Labute approximate surface area is 117 Å². The van der Waals surface area contributed by atoms with Gasteiger partial charge >= 0.3 is 0 Å². The summed E-state index contributed by atoms with van der Waals surface area (Å²) in [6.07, 6.45) is 6.01. The second-order valence-corrected chi connectivity index (χ2v) is 6.71. The van der Waals surface area contributed by atoms with E-state index in [2.05, 4.69) is 22.2 Å². The van der Waals surface area contributed by atoms with Crippen LogP contribution in [0, 0.1) is 5.92 Å². The topological polar surface area (TPSA) is 27.7 Å². The third-order valence-electron chi connectivity index (χ3n) is 4.66. The summed E-state index contributed by atoms with van der Waals surface area (Å²) in [5.74, 6) is 0.975. The highest BCUT2D eigenvalue weighted by Crippen LogP contribution is 2.30. The van der Waals surface area contributed by atoms with E-state index in [1.54, 1.807) is 0 Å². The molecule has 2 unspecified atom stereocenters. The normalized spacial score (nSPS) is 33.2. The lowest BCUT2D eigenvalue weighted by Crippen LogP contribution is -2.48. The minimum absolute atomic E-state index is 0.416. The smallest absolute Gasteiger partial charge is 0.0829 e. The third-order valence-corrected chi connectivity index (χ3v) is 4.66. The Morgan fingerprint density at radius 3 is 2.79 bits per heavy atom. The van der Waals surface area contributed by atoms with Crippen LogP contribution in [-0.4, -0.2) is 74.9 Å². The third kappa shape index (κ3) is 4.42. The number of nitrogens with zero attached hydrogens (tertiary/aromatic N) is 2. The lowest BCUT2D eigenvalue weighted by molar-refractivity contribution is -0.0369. The predicted octanol–water partition coefficient (Wildman–Crippen LogP) is 0.781. The van der Waals surface area contributed by atoms with E-state index in [4.69, 9.17) is 4.74 Å². The molecule has 3 aliphatic rings. The molecule has 19 heavy (non-hydrogen) atoms. The maximum atomic E-state index is 5.94. The second-order valence-electron chi connectivity index (χ2n) is 6.71. The largest absolute Gasteiger partial charge is 0.374 e. The van der Waals surface area contributed by atoms with Crippen molar-refractivity contribution in [1.82, 2.24) is 15.1 Å². The summed E-state index contributed by atoms with van der Waals surface area (Å²) >= 11 is 0. The van der Waals surface area contributed by atoms with Crippen molar-refractivity contribution in [2.75, 3.05) is 52.9 Å². The fraction of sp³-hybridized carbons (Fsp3) is 1.00. The highest BCUT2D eigenvalue weighted by Gasteiger charge is 2.29. The summed E-state index contributed by atoms with van der Waals surface area (Å²) in [6.45, 7) is 7.94. The zero-order valence-corrected chi connectivity index (χ0v) is 12.3. The summed E-state index contributed by atoms with van der Waals surface area (Å²) in [7, 11) is 2.21. The molecule has 1 aliphatic carbocycles. The molecule has 0 aromatic carbocycles. The average Bonchev–Trinajstić information content (AvgIpc) is 3.03. The standard InChI is InChI=1S/C15H29N3O/c1-17-7-8-19-15(11-17)12-18(9-13-4-5-13)10-14-3-2-6-16-14/h13-16H,2-12H2,1H3. The molecule has 2 atom stereocenters. The summed E-state index contributed by atoms with van der Waals surface area (Å²) in [6, 6.07) is 0.722. The molecular weight excluding hydrogens is 238 g/mol. The van der Waals surface area contributed by atoms with E-state index >= 15 is 0 Å². The molecule has 4 heteroatoms. The monoisotopic (exact) mass is 267 g/mol. The number of rotatable bonds is 6. The molecule has 2 aliphatic heterocycles. The van der Waals surface area contributed by atoms with E-state index in [1.165, 1.54) is 45.3 Å². The predicted molar refractivity (Wildman–Crippen MR) is 77.4 cm³/mol. The number of nitrogens with one attached hydrogen (secondary N) is 1. The van der Waals surface area contributed by atoms with E-state index < -0.39 is 0 Å². The Kier molecular flexibility index (Phi) is 4.74. The first kappa shape index (κ1) is 13.8. The van der Waals surface area contributed by atoms with Gasteiger partial charge in [-0.25, -0.2) is 0 Å². The van der Waals surface area contributed by atoms with Crippen molar-refractivity contribution in [3.63, 3.8) is 0 Å². The highest BCUT2D eigenvalue weighted by molar-refractivity contribution is 4.84. The van der Waals surface area contributed by atoms with Crippen LogP contribution in [0.1, 0.15) is 25.7 Å². The summed E-state index contributed by atoms with van der Waals surface area (Å²) < 4.78 is 5.94. The van der Waals surface area contributed by atoms with E-state index in [-0.39, 0.29) is 0 Å². The van der Waals surface area contributed by atoms with Crippen molar-refractivity contribution >= 4 is 0 Å². The van der Waals surface area contributed by atoms with Crippen molar-refractivity contribution in [2.45, 2.75) is 37.8 Å². The van der Waals surface area contributed by atoms with Gasteiger partial charge in [-0.05, 0) is 45.2 Å². The quantitative estimate of drug-likeness (QED) is 0.770. The van der Waals surface area contributed by atoms with Gasteiger partial charge in [-0.15, -0.1) is 0 Å². The van der Waals surface area contributed by atoms with Crippen molar-refractivity contribution in [1.29, 1.82) is 0 Å². The van der Waals surface area contributed by atoms with Gasteiger partial charge < -0.3 is 15.0 Å². The molecule has 1 N–H and O–H groups in total. The first-order chi connectivity index (χ1) is 9.29. The lowest BCUT2D eigenvalue weighted by atomic mass is 10.2. The molecule has 3 rings (SSSR count). The Morgan fingerprint density at radius 1 is 1.21 bits per heavy atom. The minimum atomic E-state index is 0.416. The first-order valence-corrected chi connectivity index (χ1v) is 8.05. The number of morpholine rings is 1. The van der Waals surface area contributed by atoms with Crippen LogP contribution in [0.15, 0.2) is 0 Å². The van der Waals surface area contributed by atoms with Gasteiger partial charge in [-0.3, -0.25) is 4.90 Å². The maximum absolute atomic E-state index is 5.94. The van der Waals surface area contributed by atoms with Gasteiger partial charge in [0, 0.05) is 38.8 Å². The minimum Gasteiger partial charge on any atom is -0.374 e. The van der Waals surface area contributed by atoms with Crippen LogP contribution in [0.25, 0.3) is 0 Å². The molecule has 0 spiro atoms. The molecule has 0 amide bonds. The van der Waals surface area contributed by atoms with E-state index in [1.807, 2.05) is 0 Å². The molecule has 2 heterocycles. The summed E-state index contributed by atoms with van der Waals surface area (Å²) in [5, 5.41) is 3.63. The van der Waals surface area contributed by atoms with Gasteiger partial charge in [0.1, 0.15) is 0 Å². The molecular formula is C15H29N3O. The fourth-order valence-corrected chi connectivity index (χ4v) is 3.38. The molecule has 4 nitrogen and oxygen atoms in total. The van der Waals surface area contributed by atoms with E-state index in [9.17, 15) is 0 Å². The Morgan fingerprint density at radius 2 is 2.11 bits per heavy atom. The van der Waals surface area contributed by atoms with E-state index in [0.717, 1.165) is 38.2 Å². The van der Waals surface area contributed by atoms with Gasteiger partial charge in [0.2, 0.25) is 0 Å². The van der Waals surface area contributed by atoms with E-state index in [0.29, 0.717) is 6.10 Å². The SMILES string of the molecule is CN1CCOC(CN(CC2CC2)CC2CCCN2)C1. The molecule has 0 aromatic heterocycles. The maximum Gasteiger partial charge on any atom is 0.0829 e. The second kappa shape index (κ2) is 6.53. The number of ether oxygens (including phenoxy) is 1. The Hall–Kier alpha value is -0.160. The molecule has 3 fully saturated rings. The van der Waals surface area contributed by atoms with Crippen molar-refractivity contribution in [3.05, 3.63) is 0 Å². The summed E-state index contributed by atoms with van der Waals surface area (Å²) in [5.41, 5.74) is 0. The molecule has 0 aromatic rings. The van der Waals surface area contributed by atoms with Crippen LogP contribution in [0.5, 0.6) is 0 Å². The number of hydrogen-bond acceptors (Lipinski definition) is 4. The van der Waals surface area contributed by atoms with Crippen LogP contribution in [0.4, 0.5) is 0 Å². The van der Waals surface area contributed by atoms with Crippen LogP contribution < -0.4 is 5.32 Å². The molecule has 2 saturated heterocycles. The van der Waals surface area contributed by atoms with Crippen LogP contribution in [-0.2, 0) is 4.74 Å². The molecule has 110 valence electrons. The van der Waals surface area contributed by atoms with Gasteiger partial charge in [0.25, 0.3) is 0 Å². The van der Waals surface area contributed by atoms with Crippen molar-refractivity contribution in [3.8, 4) is 0 Å². The zero-order valence-electron chi connectivity index (χ0n) is 12.3. The lowest BCUT2D eigenvalue weighted by Gasteiger charge is -2.35. The summed E-state index contributed by atoms with van der Waals surface area (Å²) in [4.78, 5) is 5.07. The van der Waals surface area contributed by atoms with Crippen molar-refractivity contribution < 1.29 is 4.74 Å². The number of hydrogen-bond donors (Lipinski definition) is 1. The van der Waals surface area contributed by atoms with Crippen LogP contribution >= 0.6 is 0 Å². The first-order valence-electron chi connectivity index (χ1n) is 8.05. The molecule has 0 radical (unpaired) electrons. The van der Waals surface area contributed by atoms with Crippen molar-refractivity contribution in [2.24, 2.45) is 5.92 Å². The van der Waals surface area contributed by atoms with Crippen LogP contribution in [0.2, 0.25) is 0 Å².